The van der Waals surface area contributed by atoms with Gasteiger partial charge in [-0.3, -0.25) is 4.72 Å². The minimum atomic E-state index is -3.80. The Kier molecular flexibility index (Phi) is 3.22. The Morgan fingerprint density at radius 2 is 2.00 bits per heavy atom. The van der Waals surface area contributed by atoms with E-state index in [1.165, 1.54) is 19.1 Å². The Morgan fingerprint density at radius 1 is 1.28 bits per heavy atom. The summed E-state index contributed by atoms with van der Waals surface area (Å²) in [4.78, 5) is -0.000694. The molecule has 0 bridgehead atoms. The lowest BCUT2D eigenvalue weighted by Crippen LogP contribution is -2.15. The van der Waals surface area contributed by atoms with E-state index in [0.29, 0.717) is 0 Å². The number of sulfonamides is 1. The van der Waals surface area contributed by atoms with E-state index in [9.17, 15) is 8.42 Å². The molecule has 0 saturated heterocycles. The molecule has 2 aromatic rings. The smallest absolute Gasteiger partial charge is 0.268 e. The number of hydrogen-bond donors (Lipinski definition) is 1. The molecular formula is C9H9ClN4O3S. The quantitative estimate of drug-likeness (QED) is 0.920. The van der Waals surface area contributed by atoms with E-state index in [-0.39, 0.29) is 27.3 Å². The second kappa shape index (κ2) is 4.54. The Hall–Kier alpha value is -1.67. The van der Waals surface area contributed by atoms with E-state index in [2.05, 4.69) is 20.1 Å². The van der Waals surface area contributed by atoms with Gasteiger partial charge in [0.25, 0.3) is 10.0 Å². The van der Waals surface area contributed by atoms with E-state index < -0.39 is 10.0 Å². The third kappa shape index (κ3) is 2.44. The van der Waals surface area contributed by atoms with Crippen LogP contribution in [-0.4, -0.2) is 23.8 Å². The molecule has 2 rings (SSSR count). The first-order valence-electron chi connectivity index (χ1n) is 4.85. The molecule has 7 nitrogen and oxygen atoms in total. The molecule has 0 fully saturated rings. The fourth-order valence-electron chi connectivity index (χ4n) is 1.42. The Labute approximate surface area is 108 Å². The number of nitrogens with one attached hydrogen (secondary N) is 1. The molecule has 0 amide bonds. The summed E-state index contributed by atoms with van der Waals surface area (Å²) >= 11 is 5.56. The minimum Gasteiger partial charge on any atom is -0.360 e. The van der Waals surface area contributed by atoms with Gasteiger partial charge in [0.1, 0.15) is 5.69 Å². The highest BCUT2D eigenvalue weighted by atomic mass is 35.5. The molecule has 0 saturated carbocycles. The third-order valence-corrected chi connectivity index (χ3v) is 3.91. The van der Waals surface area contributed by atoms with Crippen molar-refractivity contribution in [2.75, 3.05) is 4.72 Å². The van der Waals surface area contributed by atoms with Crippen LogP contribution in [0.2, 0.25) is 5.15 Å². The van der Waals surface area contributed by atoms with Crippen LogP contribution in [0.15, 0.2) is 21.6 Å². The number of nitrogens with zero attached hydrogens (tertiary/aromatic N) is 3. The summed E-state index contributed by atoms with van der Waals surface area (Å²) in [5.74, 6) is 0.279. The standard InChI is InChI=1S/C9H9ClN4O3S/c1-5-9(6(2)17-13-5)18(15,16)14-8-4-3-7(10)11-12-8/h3-4H,1-2H3,(H,12,14). The lowest BCUT2D eigenvalue weighted by molar-refractivity contribution is 0.390. The van der Waals surface area contributed by atoms with Gasteiger partial charge in [-0.2, -0.15) is 0 Å². The van der Waals surface area contributed by atoms with Crippen molar-refractivity contribution >= 4 is 27.4 Å². The van der Waals surface area contributed by atoms with Crippen molar-refractivity contribution in [3.05, 3.63) is 28.7 Å². The predicted molar refractivity (Wildman–Crippen MR) is 63.8 cm³/mol. The molecule has 0 aliphatic heterocycles. The molecular weight excluding hydrogens is 280 g/mol. The van der Waals surface area contributed by atoms with Crippen molar-refractivity contribution < 1.29 is 12.9 Å². The molecule has 0 aliphatic carbocycles. The topological polar surface area (TPSA) is 98.0 Å². The highest BCUT2D eigenvalue weighted by Gasteiger charge is 2.24. The number of anilines is 1. The molecule has 1 N–H and O–H groups in total. The first kappa shape index (κ1) is 12.8. The lowest BCUT2D eigenvalue weighted by atomic mass is 10.4. The molecule has 18 heavy (non-hydrogen) atoms. The van der Waals surface area contributed by atoms with E-state index >= 15 is 0 Å². The first-order chi connectivity index (χ1) is 8.40. The van der Waals surface area contributed by atoms with Crippen molar-refractivity contribution in [1.82, 2.24) is 15.4 Å². The minimum absolute atomic E-state index is 0.000694. The first-order valence-corrected chi connectivity index (χ1v) is 6.71. The molecule has 2 heterocycles. The monoisotopic (exact) mass is 288 g/mol. The van der Waals surface area contributed by atoms with Gasteiger partial charge in [0, 0.05) is 0 Å². The van der Waals surface area contributed by atoms with Gasteiger partial charge in [-0.25, -0.2) is 8.42 Å². The third-order valence-electron chi connectivity index (χ3n) is 2.11. The zero-order valence-corrected chi connectivity index (χ0v) is 11.1. The average Bonchev–Trinajstić information content (AvgIpc) is 2.62. The van der Waals surface area contributed by atoms with Gasteiger partial charge in [-0.1, -0.05) is 16.8 Å². The number of hydrogen-bond acceptors (Lipinski definition) is 6. The number of rotatable bonds is 3. The predicted octanol–water partition coefficient (Wildman–Crippen LogP) is 1.54. The van der Waals surface area contributed by atoms with E-state index in [0.717, 1.165) is 0 Å². The Morgan fingerprint density at radius 3 is 2.50 bits per heavy atom. The summed E-state index contributed by atoms with van der Waals surface area (Å²) in [5.41, 5.74) is 0.280. The maximum absolute atomic E-state index is 12.1. The van der Waals surface area contributed by atoms with Crippen LogP contribution in [0.1, 0.15) is 11.5 Å². The maximum atomic E-state index is 12.1. The second-order valence-electron chi connectivity index (χ2n) is 3.50. The summed E-state index contributed by atoms with van der Waals surface area (Å²) in [6.07, 6.45) is 0. The zero-order chi connectivity index (χ0) is 13.3. The second-order valence-corrected chi connectivity index (χ2v) is 5.51. The van der Waals surface area contributed by atoms with Gasteiger partial charge in [0.2, 0.25) is 0 Å². The van der Waals surface area contributed by atoms with E-state index in [1.807, 2.05) is 0 Å². The maximum Gasteiger partial charge on any atom is 0.268 e. The highest BCUT2D eigenvalue weighted by molar-refractivity contribution is 7.92. The van der Waals surface area contributed by atoms with Gasteiger partial charge < -0.3 is 4.52 Å². The molecule has 9 heteroatoms. The van der Waals surface area contributed by atoms with Crippen LogP contribution in [-0.2, 0) is 10.0 Å². The Bertz CT molecular complexity index is 646. The summed E-state index contributed by atoms with van der Waals surface area (Å²) in [6, 6.07) is 2.84. The van der Waals surface area contributed by atoms with Crippen LogP contribution in [0.3, 0.4) is 0 Å². The van der Waals surface area contributed by atoms with Gasteiger partial charge in [0.15, 0.2) is 21.6 Å². The van der Waals surface area contributed by atoms with Crippen molar-refractivity contribution in [1.29, 1.82) is 0 Å². The van der Waals surface area contributed by atoms with Crippen LogP contribution in [0.25, 0.3) is 0 Å². The normalized spacial score (nSPS) is 11.5. The van der Waals surface area contributed by atoms with Crippen LogP contribution in [0, 0.1) is 13.8 Å². The summed E-state index contributed by atoms with van der Waals surface area (Å²) in [5, 5.41) is 10.9. The van der Waals surface area contributed by atoms with Crippen LogP contribution >= 0.6 is 11.6 Å². The zero-order valence-electron chi connectivity index (χ0n) is 9.51. The Balaban J connectivity index is 2.36. The molecule has 0 aliphatic rings. The van der Waals surface area contributed by atoms with Gasteiger partial charge in [0.05, 0.1) is 0 Å². The number of aryl methyl sites for hydroxylation is 2. The van der Waals surface area contributed by atoms with Gasteiger partial charge in [-0.15, -0.1) is 10.2 Å². The molecule has 96 valence electrons. The summed E-state index contributed by atoms with van der Waals surface area (Å²) in [7, 11) is -3.80. The largest absolute Gasteiger partial charge is 0.360 e. The molecule has 0 spiro atoms. The molecule has 2 aromatic heterocycles. The SMILES string of the molecule is Cc1noc(C)c1S(=O)(=O)Nc1ccc(Cl)nn1. The summed E-state index contributed by atoms with van der Waals surface area (Å²) in [6.45, 7) is 3.06. The molecule has 0 atom stereocenters. The number of aromatic nitrogens is 3. The average molecular weight is 289 g/mol. The van der Waals surface area contributed by atoms with Crippen LogP contribution < -0.4 is 4.72 Å². The van der Waals surface area contributed by atoms with Crippen LogP contribution in [0.4, 0.5) is 5.82 Å². The fourth-order valence-corrected chi connectivity index (χ4v) is 2.85. The molecule has 0 aromatic carbocycles. The van der Waals surface area contributed by atoms with E-state index in [4.69, 9.17) is 16.1 Å². The van der Waals surface area contributed by atoms with Crippen molar-refractivity contribution in [3.63, 3.8) is 0 Å². The number of halogens is 1. The highest BCUT2D eigenvalue weighted by Crippen LogP contribution is 2.21. The van der Waals surface area contributed by atoms with Crippen molar-refractivity contribution in [3.8, 4) is 0 Å². The summed E-state index contributed by atoms with van der Waals surface area (Å²) < 4.78 is 31.2. The fraction of sp³-hybridized carbons (Fsp3) is 0.222. The van der Waals surface area contributed by atoms with Crippen LogP contribution in [0.5, 0.6) is 0 Å². The van der Waals surface area contributed by atoms with Crippen molar-refractivity contribution in [2.45, 2.75) is 18.7 Å². The van der Waals surface area contributed by atoms with E-state index in [1.54, 1.807) is 6.92 Å². The van der Waals surface area contributed by atoms with Crippen molar-refractivity contribution in [2.24, 2.45) is 0 Å². The lowest BCUT2D eigenvalue weighted by Gasteiger charge is -2.05. The molecule has 0 radical (unpaired) electrons. The van der Waals surface area contributed by atoms with Gasteiger partial charge >= 0.3 is 0 Å². The molecule has 0 unspecified atom stereocenters. The van der Waals surface area contributed by atoms with Gasteiger partial charge in [-0.05, 0) is 26.0 Å².